The van der Waals surface area contributed by atoms with Crippen molar-refractivity contribution in [1.29, 1.82) is 0 Å². The summed E-state index contributed by atoms with van der Waals surface area (Å²) < 4.78 is 0. The molecule has 0 aliphatic carbocycles. The molecule has 24 heavy (non-hydrogen) atoms. The fourth-order valence-electron chi connectivity index (χ4n) is 2.65. The van der Waals surface area contributed by atoms with Gasteiger partial charge in [0.2, 0.25) is 11.9 Å². The number of piperazine rings is 1. The molecule has 3 rings (SSSR count). The highest BCUT2D eigenvalue weighted by atomic mass is 32.1. The number of carbonyl (C=O) groups excluding carboxylic acids is 1. The van der Waals surface area contributed by atoms with Crippen molar-refractivity contribution in [3.05, 3.63) is 34.5 Å². The summed E-state index contributed by atoms with van der Waals surface area (Å²) in [5.41, 5.74) is 0.871. The maximum absolute atomic E-state index is 12.5. The van der Waals surface area contributed by atoms with E-state index in [2.05, 4.69) is 24.8 Å². The summed E-state index contributed by atoms with van der Waals surface area (Å²) >= 11 is 1.62. The quantitative estimate of drug-likeness (QED) is 0.801. The molecule has 0 radical (unpaired) electrons. The predicted molar refractivity (Wildman–Crippen MR) is 94.0 cm³/mol. The van der Waals surface area contributed by atoms with Gasteiger partial charge in [0.05, 0.1) is 12.1 Å². The van der Waals surface area contributed by atoms with Crippen LogP contribution in [-0.4, -0.2) is 70.9 Å². The van der Waals surface area contributed by atoms with Gasteiger partial charge in [-0.05, 0) is 20.2 Å². The van der Waals surface area contributed by atoms with E-state index in [4.69, 9.17) is 0 Å². The van der Waals surface area contributed by atoms with E-state index in [-0.39, 0.29) is 5.91 Å². The van der Waals surface area contributed by atoms with Crippen molar-refractivity contribution in [2.24, 2.45) is 0 Å². The second-order valence-electron chi connectivity index (χ2n) is 6.06. The topological polar surface area (TPSA) is 65.5 Å². The molecule has 2 aromatic heterocycles. The minimum atomic E-state index is 0.144. The summed E-state index contributed by atoms with van der Waals surface area (Å²) in [6, 6.07) is 1.81. The lowest BCUT2D eigenvalue weighted by atomic mass is 10.2. The Bertz CT molecular complexity index is 666. The van der Waals surface area contributed by atoms with E-state index < -0.39 is 0 Å². The van der Waals surface area contributed by atoms with Gasteiger partial charge < -0.3 is 14.7 Å². The molecule has 3 heterocycles. The number of anilines is 1. The number of amides is 1. The highest BCUT2D eigenvalue weighted by molar-refractivity contribution is 7.09. The van der Waals surface area contributed by atoms with Gasteiger partial charge in [-0.1, -0.05) is 0 Å². The highest BCUT2D eigenvalue weighted by Crippen LogP contribution is 2.14. The summed E-state index contributed by atoms with van der Waals surface area (Å²) in [5.74, 6) is 0.878. The van der Waals surface area contributed by atoms with E-state index in [1.54, 1.807) is 23.7 Å². The van der Waals surface area contributed by atoms with Gasteiger partial charge in [0.25, 0.3) is 0 Å². The van der Waals surface area contributed by atoms with Gasteiger partial charge in [0.1, 0.15) is 5.01 Å². The van der Waals surface area contributed by atoms with Crippen LogP contribution in [0.25, 0.3) is 0 Å². The molecule has 1 aliphatic heterocycles. The molecule has 128 valence electrons. The first kappa shape index (κ1) is 16.8. The van der Waals surface area contributed by atoms with Crippen molar-refractivity contribution >= 4 is 23.2 Å². The summed E-state index contributed by atoms with van der Waals surface area (Å²) in [7, 11) is 4.03. The van der Waals surface area contributed by atoms with E-state index in [1.165, 1.54) is 0 Å². The lowest BCUT2D eigenvalue weighted by Crippen LogP contribution is -2.49. The third-order valence-electron chi connectivity index (χ3n) is 3.85. The first-order chi connectivity index (χ1) is 11.6. The molecular weight excluding hydrogens is 324 g/mol. The summed E-state index contributed by atoms with van der Waals surface area (Å²) in [6.45, 7) is 3.74. The maximum atomic E-state index is 12.5. The Balaban J connectivity index is 1.51. The van der Waals surface area contributed by atoms with E-state index in [0.29, 0.717) is 19.5 Å². The Hall–Kier alpha value is -2.06. The highest BCUT2D eigenvalue weighted by Gasteiger charge is 2.23. The van der Waals surface area contributed by atoms with Gasteiger partial charge >= 0.3 is 0 Å². The Kier molecular flexibility index (Phi) is 5.37. The zero-order valence-corrected chi connectivity index (χ0v) is 14.9. The number of nitrogens with zero attached hydrogens (tertiary/aromatic N) is 6. The SMILES string of the molecule is CN(C)Cc1nc(CC(=O)N2CCN(c3ncccn3)CC2)cs1. The minimum Gasteiger partial charge on any atom is -0.339 e. The average Bonchev–Trinajstić information content (AvgIpc) is 3.02. The molecule has 8 heteroatoms. The van der Waals surface area contributed by atoms with Crippen LogP contribution in [0.5, 0.6) is 0 Å². The number of aromatic nitrogens is 3. The molecule has 0 spiro atoms. The molecule has 7 nitrogen and oxygen atoms in total. The van der Waals surface area contributed by atoms with Gasteiger partial charge in [-0.2, -0.15) is 0 Å². The van der Waals surface area contributed by atoms with Crippen molar-refractivity contribution < 1.29 is 4.79 Å². The molecule has 1 saturated heterocycles. The Morgan fingerprint density at radius 3 is 2.58 bits per heavy atom. The standard InChI is InChI=1S/C16H22N6OS/c1-20(2)11-14-19-13(12-24-14)10-15(23)21-6-8-22(9-7-21)16-17-4-3-5-18-16/h3-5,12H,6-11H2,1-2H3. The van der Waals surface area contributed by atoms with Crippen molar-refractivity contribution in [2.45, 2.75) is 13.0 Å². The van der Waals surface area contributed by atoms with Crippen LogP contribution in [0.2, 0.25) is 0 Å². The maximum Gasteiger partial charge on any atom is 0.228 e. The van der Waals surface area contributed by atoms with Gasteiger partial charge in [0.15, 0.2) is 0 Å². The number of thiazole rings is 1. The first-order valence-corrected chi connectivity index (χ1v) is 8.87. The lowest BCUT2D eigenvalue weighted by Gasteiger charge is -2.34. The lowest BCUT2D eigenvalue weighted by molar-refractivity contribution is -0.130. The van der Waals surface area contributed by atoms with Crippen LogP contribution < -0.4 is 4.90 Å². The molecule has 0 N–H and O–H groups in total. The van der Waals surface area contributed by atoms with Gasteiger partial charge in [-0.25, -0.2) is 15.0 Å². The van der Waals surface area contributed by atoms with E-state index in [9.17, 15) is 4.79 Å². The summed E-state index contributed by atoms with van der Waals surface area (Å²) in [6.07, 6.45) is 3.87. The van der Waals surface area contributed by atoms with E-state index >= 15 is 0 Å². The van der Waals surface area contributed by atoms with Crippen LogP contribution in [0.3, 0.4) is 0 Å². The normalized spacial score (nSPS) is 15.1. The van der Waals surface area contributed by atoms with Crippen molar-refractivity contribution in [3.8, 4) is 0 Å². The third-order valence-corrected chi connectivity index (χ3v) is 4.73. The first-order valence-electron chi connectivity index (χ1n) is 7.99. The molecular formula is C16H22N6OS. The smallest absolute Gasteiger partial charge is 0.228 e. The van der Waals surface area contributed by atoms with Crippen molar-refractivity contribution in [3.63, 3.8) is 0 Å². The molecule has 1 amide bonds. The molecule has 0 unspecified atom stereocenters. The average molecular weight is 346 g/mol. The molecule has 0 saturated carbocycles. The van der Waals surface area contributed by atoms with Crippen LogP contribution in [0.15, 0.2) is 23.8 Å². The third kappa shape index (κ3) is 4.27. The molecule has 0 bridgehead atoms. The second kappa shape index (κ2) is 7.67. The zero-order valence-electron chi connectivity index (χ0n) is 14.1. The molecule has 1 aliphatic rings. The largest absolute Gasteiger partial charge is 0.339 e. The van der Waals surface area contributed by atoms with Crippen LogP contribution in [0, 0.1) is 0 Å². The summed E-state index contributed by atoms with van der Waals surface area (Å²) in [5, 5.41) is 3.04. The number of carbonyl (C=O) groups is 1. The van der Waals surface area contributed by atoms with Crippen LogP contribution in [0.4, 0.5) is 5.95 Å². The fourth-order valence-corrected chi connectivity index (χ4v) is 3.56. The second-order valence-corrected chi connectivity index (χ2v) is 7.01. The van der Waals surface area contributed by atoms with Crippen LogP contribution >= 0.6 is 11.3 Å². The Labute approximate surface area is 146 Å². The number of rotatable bonds is 5. The van der Waals surface area contributed by atoms with Crippen LogP contribution in [-0.2, 0) is 17.8 Å². The zero-order chi connectivity index (χ0) is 16.9. The summed E-state index contributed by atoms with van der Waals surface area (Å²) in [4.78, 5) is 31.6. The molecule has 0 atom stereocenters. The monoisotopic (exact) mass is 346 g/mol. The minimum absolute atomic E-state index is 0.144. The Morgan fingerprint density at radius 1 is 1.21 bits per heavy atom. The van der Waals surface area contributed by atoms with E-state index in [0.717, 1.165) is 36.3 Å². The van der Waals surface area contributed by atoms with Gasteiger partial charge in [-0.3, -0.25) is 4.79 Å². The van der Waals surface area contributed by atoms with Crippen molar-refractivity contribution in [1.82, 2.24) is 24.8 Å². The number of hydrogen-bond acceptors (Lipinski definition) is 7. The fraction of sp³-hybridized carbons (Fsp3) is 0.500. The van der Waals surface area contributed by atoms with E-state index in [1.807, 2.05) is 30.4 Å². The molecule has 0 aromatic carbocycles. The van der Waals surface area contributed by atoms with Crippen LogP contribution in [0.1, 0.15) is 10.7 Å². The molecule has 2 aromatic rings. The predicted octanol–water partition coefficient (Wildman–Crippen LogP) is 0.886. The Morgan fingerprint density at radius 2 is 1.92 bits per heavy atom. The van der Waals surface area contributed by atoms with Gasteiger partial charge in [-0.15, -0.1) is 11.3 Å². The molecule has 1 fully saturated rings. The van der Waals surface area contributed by atoms with Crippen molar-refractivity contribution in [2.75, 3.05) is 45.2 Å². The van der Waals surface area contributed by atoms with Gasteiger partial charge in [0, 0.05) is 50.5 Å². The number of hydrogen-bond donors (Lipinski definition) is 0.